The Hall–Kier alpha value is -1.28. The standard InChI is InChI=1S/C13H14ClNO/c1-3-9-5-11(14)6-10-8-15(4-2)13(16)7-12(9)10/h3,5-6H,1,4,7-8H2,2H3. The summed E-state index contributed by atoms with van der Waals surface area (Å²) in [4.78, 5) is 13.6. The van der Waals surface area contributed by atoms with E-state index < -0.39 is 0 Å². The van der Waals surface area contributed by atoms with Crippen molar-refractivity contribution >= 4 is 23.6 Å². The van der Waals surface area contributed by atoms with Gasteiger partial charge in [-0.05, 0) is 35.7 Å². The molecule has 1 aliphatic rings. The summed E-state index contributed by atoms with van der Waals surface area (Å²) in [5.41, 5.74) is 3.20. The highest BCUT2D eigenvalue weighted by Crippen LogP contribution is 2.27. The summed E-state index contributed by atoms with van der Waals surface area (Å²) in [5.74, 6) is 0.181. The van der Waals surface area contributed by atoms with E-state index in [1.165, 1.54) is 0 Å². The van der Waals surface area contributed by atoms with Crippen molar-refractivity contribution in [2.75, 3.05) is 6.54 Å². The van der Waals surface area contributed by atoms with E-state index in [-0.39, 0.29) is 5.91 Å². The quantitative estimate of drug-likeness (QED) is 0.772. The molecular formula is C13H14ClNO. The lowest BCUT2D eigenvalue weighted by Crippen LogP contribution is -2.36. The van der Waals surface area contributed by atoms with Crippen molar-refractivity contribution in [3.8, 4) is 0 Å². The third-order valence-corrected chi connectivity index (χ3v) is 3.20. The molecule has 84 valence electrons. The van der Waals surface area contributed by atoms with Crippen LogP contribution in [0.4, 0.5) is 0 Å². The first-order valence-corrected chi connectivity index (χ1v) is 5.75. The third-order valence-electron chi connectivity index (χ3n) is 2.99. The zero-order valence-corrected chi connectivity index (χ0v) is 10.0. The minimum atomic E-state index is 0.181. The molecular weight excluding hydrogens is 222 g/mol. The van der Waals surface area contributed by atoms with Gasteiger partial charge in [-0.15, -0.1) is 0 Å². The van der Waals surface area contributed by atoms with Gasteiger partial charge in [-0.1, -0.05) is 24.3 Å². The number of hydrogen-bond donors (Lipinski definition) is 0. The Morgan fingerprint density at radius 3 is 2.94 bits per heavy atom. The molecule has 2 rings (SSSR count). The van der Waals surface area contributed by atoms with Gasteiger partial charge < -0.3 is 4.90 Å². The van der Waals surface area contributed by atoms with E-state index in [9.17, 15) is 4.79 Å². The molecule has 3 heteroatoms. The first-order chi connectivity index (χ1) is 7.65. The Bertz CT molecular complexity index is 453. The molecule has 0 aliphatic carbocycles. The van der Waals surface area contributed by atoms with Crippen molar-refractivity contribution < 1.29 is 4.79 Å². The first kappa shape index (κ1) is 11.2. The maximum atomic E-state index is 11.8. The second kappa shape index (κ2) is 4.30. The largest absolute Gasteiger partial charge is 0.338 e. The summed E-state index contributed by atoms with van der Waals surface area (Å²) in [6.45, 7) is 7.15. The van der Waals surface area contributed by atoms with Crippen LogP contribution in [0.15, 0.2) is 18.7 Å². The number of nitrogens with zero attached hydrogens (tertiary/aromatic N) is 1. The SMILES string of the molecule is C=Cc1cc(Cl)cc2c1CC(=O)N(CC)C2. The molecule has 1 aromatic rings. The fraction of sp³-hybridized carbons (Fsp3) is 0.308. The first-order valence-electron chi connectivity index (χ1n) is 5.37. The highest BCUT2D eigenvalue weighted by atomic mass is 35.5. The van der Waals surface area contributed by atoms with Crippen molar-refractivity contribution in [3.63, 3.8) is 0 Å². The fourth-order valence-corrected chi connectivity index (χ4v) is 2.35. The zero-order chi connectivity index (χ0) is 11.7. The summed E-state index contributed by atoms with van der Waals surface area (Å²) in [6.07, 6.45) is 2.22. The Morgan fingerprint density at radius 2 is 2.31 bits per heavy atom. The van der Waals surface area contributed by atoms with Crippen molar-refractivity contribution in [1.82, 2.24) is 4.90 Å². The molecule has 2 nitrogen and oxygen atoms in total. The van der Waals surface area contributed by atoms with E-state index in [0.717, 1.165) is 23.2 Å². The molecule has 0 radical (unpaired) electrons. The molecule has 1 amide bonds. The predicted molar refractivity (Wildman–Crippen MR) is 66.3 cm³/mol. The predicted octanol–water partition coefficient (Wildman–Crippen LogP) is 2.89. The van der Waals surface area contributed by atoms with E-state index in [1.54, 1.807) is 6.08 Å². The number of fused-ring (bicyclic) bond motifs is 1. The van der Waals surface area contributed by atoms with Crippen molar-refractivity contribution in [2.45, 2.75) is 19.9 Å². The van der Waals surface area contributed by atoms with Crippen LogP contribution in [0.5, 0.6) is 0 Å². The van der Waals surface area contributed by atoms with Crippen LogP contribution in [0.2, 0.25) is 5.02 Å². The Kier molecular flexibility index (Phi) is 3.01. The number of amides is 1. The molecule has 1 heterocycles. The summed E-state index contributed by atoms with van der Waals surface area (Å²) in [7, 11) is 0. The molecule has 1 aromatic carbocycles. The lowest BCUT2D eigenvalue weighted by Gasteiger charge is -2.28. The molecule has 16 heavy (non-hydrogen) atoms. The number of halogens is 1. The summed E-state index contributed by atoms with van der Waals surface area (Å²) < 4.78 is 0. The topological polar surface area (TPSA) is 20.3 Å². The van der Waals surface area contributed by atoms with Gasteiger partial charge in [-0.2, -0.15) is 0 Å². The van der Waals surface area contributed by atoms with Crippen molar-refractivity contribution in [2.24, 2.45) is 0 Å². The van der Waals surface area contributed by atoms with Gasteiger partial charge in [0.2, 0.25) is 5.91 Å². The molecule has 1 aliphatic heterocycles. The number of carbonyl (C=O) groups excluding carboxylic acids is 1. The average Bonchev–Trinajstić information content (AvgIpc) is 2.28. The average molecular weight is 236 g/mol. The molecule has 0 saturated carbocycles. The summed E-state index contributed by atoms with van der Waals surface area (Å²) in [6, 6.07) is 3.81. The minimum Gasteiger partial charge on any atom is -0.338 e. The van der Waals surface area contributed by atoms with Gasteiger partial charge in [0.25, 0.3) is 0 Å². The molecule has 0 aromatic heterocycles. The third kappa shape index (κ3) is 1.85. The van der Waals surface area contributed by atoms with Crippen molar-refractivity contribution in [1.29, 1.82) is 0 Å². The number of carbonyl (C=O) groups is 1. The van der Waals surface area contributed by atoms with E-state index in [4.69, 9.17) is 11.6 Å². The van der Waals surface area contributed by atoms with E-state index in [2.05, 4.69) is 6.58 Å². The molecule has 0 N–H and O–H groups in total. The van der Waals surface area contributed by atoms with Crippen LogP contribution < -0.4 is 0 Å². The molecule has 0 unspecified atom stereocenters. The van der Waals surface area contributed by atoms with Gasteiger partial charge >= 0.3 is 0 Å². The smallest absolute Gasteiger partial charge is 0.227 e. The number of likely N-dealkylation sites (N-methyl/N-ethyl adjacent to an activating group) is 1. The molecule has 0 fully saturated rings. The lowest BCUT2D eigenvalue weighted by molar-refractivity contribution is -0.131. The summed E-state index contributed by atoms with van der Waals surface area (Å²) in [5, 5.41) is 0.707. The monoisotopic (exact) mass is 235 g/mol. The maximum Gasteiger partial charge on any atom is 0.227 e. The van der Waals surface area contributed by atoms with E-state index in [1.807, 2.05) is 24.0 Å². The minimum absolute atomic E-state index is 0.181. The van der Waals surface area contributed by atoms with E-state index in [0.29, 0.717) is 18.0 Å². The van der Waals surface area contributed by atoms with E-state index >= 15 is 0 Å². The zero-order valence-electron chi connectivity index (χ0n) is 9.29. The van der Waals surface area contributed by atoms with Crippen LogP contribution in [0.1, 0.15) is 23.6 Å². The van der Waals surface area contributed by atoms with Crippen LogP contribution in [0.25, 0.3) is 6.08 Å². The highest BCUT2D eigenvalue weighted by molar-refractivity contribution is 6.30. The Balaban J connectivity index is 2.49. The van der Waals surface area contributed by atoms with Gasteiger partial charge in [0.15, 0.2) is 0 Å². The second-order valence-corrected chi connectivity index (χ2v) is 4.36. The van der Waals surface area contributed by atoms with Gasteiger partial charge in [0.1, 0.15) is 0 Å². The fourth-order valence-electron chi connectivity index (χ4n) is 2.10. The molecule has 0 spiro atoms. The maximum absolute atomic E-state index is 11.8. The van der Waals surface area contributed by atoms with Crippen LogP contribution in [-0.2, 0) is 17.8 Å². The van der Waals surface area contributed by atoms with Gasteiger partial charge in [-0.3, -0.25) is 4.79 Å². The number of rotatable bonds is 2. The number of benzene rings is 1. The molecule has 0 bridgehead atoms. The highest BCUT2D eigenvalue weighted by Gasteiger charge is 2.23. The normalized spacial score (nSPS) is 14.9. The van der Waals surface area contributed by atoms with Crippen LogP contribution in [0.3, 0.4) is 0 Å². The van der Waals surface area contributed by atoms with Crippen molar-refractivity contribution in [3.05, 3.63) is 40.4 Å². The van der Waals surface area contributed by atoms with Gasteiger partial charge in [-0.25, -0.2) is 0 Å². The molecule has 0 atom stereocenters. The van der Waals surface area contributed by atoms with Crippen LogP contribution in [-0.4, -0.2) is 17.4 Å². The van der Waals surface area contributed by atoms with Gasteiger partial charge in [0.05, 0.1) is 6.42 Å². The Labute approximate surface area is 101 Å². The Morgan fingerprint density at radius 1 is 1.56 bits per heavy atom. The van der Waals surface area contributed by atoms with Crippen LogP contribution >= 0.6 is 11.6 Å². The number of hydrogen-bond acceptors (Lipinski definition) is 1. The molecule has 0 saturated heterocycles. The van der Waals surface area contributed by atoms with Crippen LogP contribution in [0, 0.1) is 0 Å². The second-order valence-electron chi connectivity index (χ2n) is 3.92. The summed E-state index contributed by atoms with van der Waals surface area (Å²) >= 11 is 6.04. The lowest BCUT2D eigenvalue weighted by atomic mass is 9.94. The van der Waals surface area contributed by atoms with Gasteiger partial charge in [0, 0.05) is 18.1 Å².